The summed E-state index contributed by atoms with van der Waals surface area (Å²) in [6, 6.07) is 15.7. The average Bonchev–Trinajstić information content (AvgIpc) is 3.06. The number of carbonyl (C=O) groups is 3. The second-order valence-corrected chi connectivity index (χ2v) is 12.0. The fraction of sp³-hybridized carbons (Fsp3) is 0.447. The number of nitrogens with one attached hydrogen (secondary N) is 1. The third kappa shape index (κ3) is 8.33. The van der Waals surface area contributed by atoms with E-state index in [9.17, 15) is 14.4 Å². The maximum Gasteiger partial charge on any atom is 0.256 e. The molecule has 0 unspecified atom stereocenters. The fourth-order valence-corrected chi connectivity index (χ4v) is 6.08. The van der Waals surface area contributed by atoms with Crippen LogP contribution < -0.4 is 15.8 Å². The van der Waals surface area contributed by atoms with Crippen LogP contribution in [0.2, 0.25) is 0 Å². The maximum absolute atomic E-state index is 14.3. The van der Waals surface area contributed by atoms with E-state index in [1.165, 1.54) is 38.5 Å². The summed E-state index contributed by atoms with van der Waals surface area (Å²) in [4.78, 5) is 44.0. The molecule has 0 heterocycles. The number of nitrogen functional groups attached to an aromatic ring is 1. The zero-order valence-electron chi connectivity index (χ0n) is 27.3. The highest BCUT2D eigenvalue weighted by molar-refractivity contribution is 6.33. The lowest BCUT2D eigenvalue weighted by Gasteiger charge is -2.27. The molecule has 0 fully saturated rings. The molecular formula is C38H49N3O4. The molecule has 7 heteroatoms. The van der Waals surface area contributed by atoms with Crippen LogP contribution in [0.5, 0.6) is 5.75 Å². The zero-order valence-corrected chi connectivity index (χ0v) is 27.3. The van der Waals surface area contributed by atoms with Gasteiger partial charge in [0, 0.05) is 29.9 Å². The predicted octanol–water partition coefficient (Wildman–Crippen LogP) is 8.96. The number of ketones is 2. The summed E-state index contributed by atoms with van der Waals surface area (Å²) in [5, 5.41) is 3.32. The summed E-state index contributed by atoms with van der Waals surface area (Å²) < 4.78 is 5.30. The number of rotatable bonds is 18. The van der Waals surface area contributed by atoms with E-state index in [0.717, 1.165) is 38.5 Å². The van der Waals surface area contributed by atoms with E-state index in [2.05, 4.69) is 19.2 Å². The highest BCUT2D eigenvalue weighted by atomic mass is 16.5. The Labute approximate surface area is 268 Å². The summed E-state index contributed by atoms with van der Waals surface area (Å²) in [5.41, 5.74) is 9.04. The first-order valence-corrected chi connectivity index (χ1v) is 16.8. The van der Waals surface area contributed by atoms with Crippen LogP contribution in [0.4, 0.5) is 17.1 Å². The molecular weight excluding hydrogens is 562 g/mol. The molecule has 7 nitrogen and oxygen atoms in total. The molecule has 0 aliphatic heterocycles. The molecule has 4 rings (SSSR count). The Kier molecular flexibility index (Phi) is 12.6. The molecule has 45 heavy (non-hydrogen) atoms. The van der Waals surface area contributed by atoms with Gasteiger partial charge in [-0.05, 0) is 43.2 Å². The number of anilines is 3. The topological polar surface area (TPSA) is 102 Å². The Bertz CT molecular complexity index is 1450. The van der Waals surface area contributed by atoms with Crippen LogP contribution in [0.25, 0.3) is 0 Å². The molecule has 1 aliphatic rings. The lowest BCUT2D eigenvalue weighted by molar-refractivity contribution is 0.0750. The summed E-state index contributed by atoms with van der Waals surface area (Å²) in [7, 11) is 1.60. The third-order valence-electron chi connectivity index (χ3n) is 8.69. The van der Waals surface area contributed by atoms with Gasteiger partial charge in [0.05, 0.1) is 35.2 Å². The van der Waals surface area contributed by atoms with Crippen molar-refractivity contribution in [2.24, 2.45) is 0 Å². The van der Waals surface area contributed by atoms with Crippen LogP contribution in [0.1, 0.15) is 133 Å². The lowest BCUT2D eigenvalue weighted by Crippen LogP contribution is -2.34. The van der Waals surface area contributed by atoms with Crippen molar-refractivity contribution in [3.63, 3.8) is 0 Å². The molecule has 3 aromatic rings. The van der Waals surface area contributed by atoms with Crippen molar-refractivity contribution in [1.29, 1.82) is 0 Å². The van der Waals surface area contributed by atoms with E-state index in [4.69, 9.17) is 10.5 Å². The van der Waals surface area contributed by atoms with Crippen LogP contribution in [-0.2, 0) is 0 Å². The van der Waals surface area contributed by atoms with Gasteiger partial charge in [0.2, 0.25) is 0 Å². The van der Waals surface area contributed by atoms with Gasteiger partial charge >= 0.3 is 0 Å². The molecule has 240 valence electrons. The highest BCUT2D eigenvalue weighted by Crippen LogP contribution is 2.39. The molecule has 1 aliphatic carbocycles. The van der Waals surface area contributed by atoms with Gasteiger partial charge in [-0.25, -0.2) is 0 Å². The number of nitrogens with zero attached hydrogens (tertiary/aromatic N) is 1. The van der Waals surface area contributed by atoms with Gasteiger partial charge < -0.3 is 20.7 Å². The van der Waals surface area contributed by atoms with Crippen LogP contribution in [0, 0.1) is 0 Å². The molecule has 3 aromatic carbocycles. The van der Waals surface area contributed by atoms with Crippen molar-refractivity contribution in [3.05, 3.63) is 82.4 Å². The predicted molar refractivity (Wildman–Crippen MR) is 183 cm³/mol. The monoisotopic (exact) mass is 611 g/mol. The Morgan fingerprint density at radius 3 is 1.78 bits per heavy atom. The molecule has 0 atom stereocenters. The standard InChI is InChI=1S/C38H49N3O4/c1-4-6-8-10-12-16-24-41(25-17-13-11-9-7-5-2)38(44)31-26-32(40-27-20-22-28(45-3)23-21-27)33-34(35(31)39)37(43)30-19-15-14-18-29(30)36(33)42/h14-15,18-23,26,40H,4-13,16-17,24-25,39H2,1-3H3. The number of unbranched alkanes of at least 4 members (excludes halogenated alkanes) is 10. The molecule has 1 amide bonds. The Hall–Kier alpha value is -4.13. The third-order valence-corrected chi connectivity index (χ3v) is 8.69. The zero-order chi connectivity index (χ0) is 32.2. The van der Waals surface area contributed by atoms with Gasteiger partial charge in [0.25, 0.3) is 5.91 Å². The fourth-order valence-electron chi connectivity index (χ4n) is 6.08. The maximum atomic E-state index is 14.3. The first-order valence-electron chi connectivity index (χ1n) is 16.8. The van der Waals surface area contributed by atoms with Crippen molar-refractivity contribution >= 4 is 34.5 Å². The number of methoxy groups -OCH3 is 1. The number of ether oxygens (including phenoxy) is 1. The van der Waals surface area contributed by atoms with Gasteiger partial charge in [-0.3, -0.25) is 14.4 Å². The van der Waals surface area contributed by atoms with Crippen LogP contribution in [0.3, 0.4) is 0 Å². The minimum atomic E-state index is -0.344. The van der Waals surface area contributed by atoms with Gasteiger partial charge in [-0.2, -0.15) is 0 Å². The summed E-state index contributed by atoms with van der Waals surface area (Å²) >= 11 is 0. The van der Waals surface area contributed by atoms with Crippen molar-refractivity contribution in [2.75, 3.05) is 31.2 Å². The molecule has 0 radical (unpaired) electrons. The van der Waals surface area contributed by atoms with Crippen LogP contribution in [-0.4, -0.2) is 42.6 Å². The quantitative estimate of drug-likeness (QED) is 0.0860. The largest absolute Gasteiger partial charge is 0.497 e. The number of fused-ring (bicyclic) bond motifs is 2. The Morgan fingerprint density at radius 1 is 0.733 bits per heavy atom. The van der Waals surface area contributed by atoms with Gasteiger partial charge in [0.1, 0.15) is 5.75 Å². The van der Waals surface area contributed by atoms with E-state index < -0.39 is 0 Å². The second kappa shape index (κ2) is 16.8. The number of carbonyl (C=O) groups excluding carboxylic acids is 3. The van der Waals surface area contributed by atoms with Crippen molar-refractivity contribution in [2.45, 2.75) is 90.9 Å². The number of hydrogen-bond acceptors (Lipinski definition) is 6. The molecule has 0 spiro atoms. The van der Waals surface area contributed by atoms with Gasteiger partial charge in [-0.15, -0.1) is 0 Å². The summed E-state index contributed by atoms with van der Waals surface area (Å²) in [6.07, 6.45) is 13.5. The summed E-state index contributed by atoms with van der Waals surface area (Å²) in [6.45, 7) is 5.68. The smallest absolute Gasteiger partial charge is 0.256 e. The normalized spacial score (nSPS) is 12.1. The Morgan fingerprint density at radius 2 is 1.24 bits per heavy atom. The van der Waals surface area contributed by atoms with Crippen LogP contribution in [0.15, 0.2) is 54.6 Å². The first kappa shape index (κ1) is 33.8. The molecule has 0 bridgehead atoms. The number of hydrogen-bond donors (Lipinski definition) is 2. The summed E-state index contributed by atoms with van der Waals surface area (Å²) in [5.74, 6) is -0.147. The average molecular weight is 612 g/mol. The van der Waals surface area contributed by atoms with E-state index in [-0.39, 0.29) is 39.9 Å². The molecule has 0 saturated heterocycles. The van der Waals surface area contributed by atoms with Gasteiger partial charge in [0.15, 0.2) is 11.6 Å². The molecule has 3 N–H and O–H groups in total. The van der Waals surface area contributed by atoms with Crippen molar-refractivity contribution in [1.82, 2.24) is 4.90 Å². The minimum Gasteiger partial charge on any atom is -0.497 e. The Balaban J connectivity index is 1.70. The van der Waals surface area contributed by atoms with E-state index in [0.29, 0.717) is 41.3 Å². The van der Waals surface area contributed by atoms with Crippen LogP contribution >= 0.6 is 0 Å². The second-order valence-electron chi connectivity index (χ2n) is 12.0. The van der Waals surface area contributed by atoms with Crippen molar-refractivity contribution in [3.8, 4) is 5.75 Å². The molecule has 0 aromatic heterocycles. The molecule has 0 saturated carbocycles. The minimum absolute atomic E-state index is 0.0685. The van der Waals surface area contributed by atoms with Gasteiger partial charge in [-0.1, -0.05) is 102 Å². The van der Waals surface area contributed by atoms with E-state index >= 15 is 0 Å². The number of nitrogens with two attached hydrogens (primary N) is 1. The highest BCUT2D eigenvalue weighted by Gasteiger charge is 2.36. The van der Waals surface area contributed by atoms with E-state index in [1.54, 1.807) is 37.4 Å². The first-order chi connectivity index (χ1) is 21.9. The number of amides is 1. The SMILES string of the molecule is CCCCCCCCN(CCCCCCCC)C(=O)c1cc(Nc2ccc(OC)cc2)c2c(c1N)C(=O)c1ccccc1C2=O. The van der Waals surface area contributed by atoms with Crippen molar-refractivity contribution < 1.29 is 19.1 Å². The number of benzene rings is 3. The lowest BCUT2D eigenvalue weighted by atomic mass is 9.81. The van der Waals surface area contributed by atoms with E-state index in [1.807, 2.05) is 29.2 Å².